The van der Waals surface area contributed by atoms with Crippen molar-refractivity contribution in [3.05, 3.63) is 60.2 Å². The molecule has 1 nitrogen and oxygen atoms in total. The van der Waals surface area contributed by atoms with Gasteiger partial charge < -0.3 is 0 Å². The molecule has 0 unspecified atom stereocenters. The van der Waals surface area contributed by atoms with Gasteiger partial charge in [-0.2, -0.15) is 0 Å². The molecule has 0 radical (unpaired) electrons. The van der Waals surface area contributed by atoms with Crippen LogP contribution in [0.15, 0.2) is 54.6 Å². The Morgan fingerprint density at radius 3 is 2.50 bits per heavy atom. The molecule has 0 atom stereocenters. The highest BCUT2D eigenvalue weighted by Gasteiger charge is 2.06. The number of ketones is 1. The van der Waals surface area contributed by atoms with Gasteiger partial charge in [0.05, 0.1) is 0 Å². The summed E-state index contributed by atoms with van der Waals surface area (Å²) < 4.78 is 1.22. The molecule has 2 heteroatoms. The van der Waals surface area contributed by atoms with Crippen LogP contribution in [0.2, 0.25) is 0 Å². The highest BCUT2D eigenvalue weighted by molar-refractivity contribution is 7.22. The lowest BCUT2D eigenvalue weighted by molar-refractivity contribution is 0.101. The van der Waals surface area contributed by atoms with Gasteiger partial charge in [-0.3, -0.25) is 4.79 Å². The molecule has 2 aromatic carbocycles. The number of fused-ring (bicyclic) bond motifs is 1. The quantitative estimate of drug-likeness (QED) is 0.600. The summed E-state index contributed by atoms with van der Waals surface area (Å²) in [4.78, 5) is 12.6. The van der Waals surface area contributed by atoms with Crippen LogP contribution in [0.4, 0.5) is 0 Å². The third-order valence-corrected chi connectivity index (χ3v) is 4.15. The third-order valence-electron chi connectivity index (χ3n) is 2.98. The molecule has 88 valence electrons. The predicted octanol–water partition coefficient (Wildman–Crippen LogP) is 4.77. The third kappa shape index (κ3) is 1.95. The summed E-state index contributed by atoms with van der Waals surface area (Å²) in [5.74, 6) is 0.115. The maximum absolute atomic E-state index is 11.4. The van der Waals surface area contributed by atoms with Crippen molar-refractivity contribution in [2.45, 2.75) is 6.92 Å². The Kier molecular flexibility index (Phi) is 2.73. The van der Waals surface area contributed by atoms with E-state index >= 15 is 0 Å². The van der Waals surface area contributed by atoms with Gasteiger partial charge in [-0.1, -0.05) is 30.3 Å². The summed E-state index contributed by atoms with van der Waals surface area (Å²) in [6.45, 7) is 1.60. The molecule has 0 N–H and O–H groups in total. The van der Waals surface area contributed by atoms with E-state index in [-0.39, 0.29) is 5.78 Å². The number of rotatable bonds is 2. The average Bonchev–Trinajstić information content (AvgIpc) is 2.82. The molecular formula is C16H12OS. The van der Waals surface area contributed by atoms with Gasteiger partial charge in [-0.25, -0.2) is 0 Å². The van der Waals surface area contributed by atoms with E-state index in [2.05, 4.69) is 18.2 Å². The van der Waals surface area contributed by atoms with Crippen molar-refractivity contribution in [3.63, 3.8) is 0 Å². The summed E-state index contributed by atoms with van der Waals surface area (Å²) in [6.07, 6.45) is 0. The van der Waals surface area contributed by atoms with Crippen LogP contribution >= 0.6 is 11.3 Å². The SMILES string of the molecule is CC(=O)c1ccc2sc(-c3ccccc3)cc2c1. The van der Waals surface area contributed by atoms with E-state index in [1.807, 2.05) is 36.4 Å². The van der Waals surface area contributed by atoms with Crippen LogP contribution in [0.1, 0.15) is 17.3 Å². The van der Waals surface area contributed by atoms with Crippen molar-refractivity contribution in [1.29, 1.82) is 0 Å². The fourth-order valence-electron chi connectivity index (χ4n) is 2.01. The first-order valence-electron chi connectivity index (χ1n) is 5.84. The summed E-state index contributed by atoms with van der Waals surface area (Å²) in [5.41, 5.74) is 2.00. The molecule has 0 bridgehead atoms. The lowest BCUT2D eigenvalue weighted by Crippen LogP contribution is -1.89. The van der Waals surface area contributed by atoms with Gasteiger partial charge >= 0.3 is 0 Å². The first-order chi connectivity index (χ1) is 8.74. The van der Waals surface area contributed by atoms with Gasteiger partial charge in [0.1, 0.15) is 0 Å². The van der Waals surface area contributed by atoms with Crippen LogP contribution in [0.25, 0.3) is 20.5 Å². The van der Waals surface area contributed by atoms with Crippen molar-refractivity contribution in [2.75, 3.05) is 0 Å². The second-order valence-corrected chi connectivity index (χ2v) is 5.37. The smallest absolute Gasteiger partial charge is 0.159 e. The topological polar surface area (TPSA) is 17.1 Å². The average molecular weight is 252 g/mol. The van der Waals surface area contributed by atoms with Crippen molar-refractivity contribution < 1.29 is 4.79 Å². The van der Waals surface area contributed by atoms with E-state index in [0.29, 0.717) is 0 Å². The molecule has 1 heterocycles. The van der Waals surface area contributed by atoms with E-state index in [4.69, 9.17) is 0 Å². The summed E-state index contributed by atoms with van der Waals surface area (Å²) >= 11 is 1.76. The number of benzene rings is 2. The van der Waals surface area contributed by atoms with Crippen LogP contribution in [-0.4, -0.2) is 5.78 Å². The van der Waals surface area contributed by atoms with Crippen molar-refractivity contribution in [1.82, 2.24) is 0 Å². The van der Waals surface area contributed by atoms with Gasteiger partial charge in [0, 0.05) is 15.1 Å². The monoisotopic (exact) mass is 252 g/mol. The van der Waals surface area contributed by atoms with E-state index in [1.54, 1.807) is 18.3 Å². The van der Waals surface area contributed by atoms with Crippen LogP contribution < -0.4 is 0 Å². The molecule has 0 spiro atoms. The minimum atomic E-state index is 0.115. The maximum Gasteiger partial charge on any atom is 0.159 e. The standard InChI is InChI=1S/C16H12OS/c1-11(17)13-7-8-15-14(9-13)10-16(18-15)12-5-3-2-4-6-12/h2-10H,1H3. The fraction of sp³-hybridized carbons (Fsp3) is 0.0625. The number of Topliss-reactive ketones (excluding diaryl/α,β-unsaturated/α-hetero) is 1. The molecule has 1 aromatic heterocycles. The van der Waals surface area contributed by atoms with Gasteiger partial charge in [-0.05, 0) is 42.1 Å². The zero-order valence-corrected chi connectivity index (χ0v) is 10.8. The molecule has 3 aromatic rings. The summed E-state index contributed by atoms with van der Waals surface area (Å²) in [5, 5.41) is 1.14. The number of thiophene rings is 1. The number of hydrogen-bond acceptors (Lipinski definition) is 2. The fourth-order valence-corrected chi connectivity index (χ4v) is 3.06. The second-order valence-electron chi connectivity index (χ2n) is 4.29. The summed E-state index contributed by atoms with van der Waals surface area (Å²) in [7, 11) is 0. The van der Waals surface area contributed by atoms with Gasteiger partial charge in [0.25, 0.3) is 0 Å². The van der Waals surface area contributed by atoms with E-state index in [9.17, 15) is 4.79 Å². The van der Waals surface area contributed by atoms with Crippen LogP contribution in [-0.2, 0) is 0 Å². The largest absolute Gasteiger partial charge is 0.295 e. The second kappa shape index (κ2) is 4.39. The Labute approximate surface area is 110 Å². The van der Waals surface area contributed by atoms with Crippen LogP contribution in [0, 0.1) is 0 Å². The first-order valence-corrected chi connectivity index (χ1v) is 6.65. The summed E-state index contributed by atoms with van der Waals surface area (Å²) in [6, 6.07) is 18.4. The Morgan fingerprint density at radius 2 is 1.78 bits per heavy atom. The molecule has 0 fully saturated rings. The number of hydrogen-bond donors (Lipinski definition) is 0. The number of carbonyl (C=O) groups excluding carboxylic acids is 1. The zero-order chi connectivity index (χ0) is 12.5. The van der Waals surface area contributed by atoms with Crippen molar-refractivity contribution in [2.24, 2.45) is 0 Å². The normalized spacial score (nSPS) is 10.7. The van der Waals surface area contributed by atoms with Gasteiger partial charge in [0.2, 0.25) is 0 Å². The molecule has 3 rings (SSSR count). The molecule has 0 aliphatic heterocycles. The first kappa shape index (κ1) is 11.2. The van der Waals surface area contributed by atoms with E-state index in [1.165, 1.54) is 15.1 Å². The Bertz CT molecular complexity index is 710. The molecule has 0 aliphatic carbocycles. The highest BCUT2D eigenvalue weighted by Crippen LogP contribution is 2.33. The minimum absolute atomic E-state index is 0.115. The van der Waals surface area contributed by atoms with E-state index in [0.717, 1.165) is 10.9 Å². The Balaban J connectivity index is 2.14. The zero-order valence-electron chi connectivity index (χ0n) is 10.0. The lowest BCUT2D eigenvalue weighted by atomic mass is 10.1. The Morgan fingerprint density at radius 1 is 1.00 bits per heavy atom. The molecule has 18 heavy (non-hydrogen) atoms. The molecule has 0 aliphatic rings. The van der Waals surface area contributed by atoms with Crippen LogP contribution in [0.3, 0.4) is 0 Å². The number of carbonyl (C=O) groups is 1. The van der Waals surface area contributed by atoms with Gasteiger partial charge in [-0.15, -0.1) is 11.3 Å². The molecule has 0 saturated heterocycles. The molecule has 0 amide bonds. The lowest BCUT2D eigenvalue weighted by Gasteiger charge is -1.94. The predicted molar refractivity (Wildman–Crippen MR) is 77.3 cm³/mol. The Hall–Kier alpha value is -1.93. The van der Waals surface area contributed by atoms with E-state index < -0.39 is 0 Å². The molecular weight excluding hydrogens is 240 g/mol. The van der Waals surface area contributed by atoms with Crippen LogP contribution in [0.5, 0.6) is 0 Å². The van der Waals surface area contributed by atoms with Crippen molar-refractivity contribution in [3.8, 4) is 10.4 Å². The van der Waals surface area contributed by atoms with Crippen molar-refractivity contribution >= 4 is 27.2 Å². The minimum Gasteiger partial charge on any atom is -0.295 e. The van der Waals surface area contributed by atoms with Gasteiger partial charge in [0.15, 0.2) is 5.78 Å². The maximum atomic E-state index is 11.4. The highest BCUT2D eigenvalue weighted by atomic mass is 32.1. The molecule has 0 saturated carbocycles.